The van der Waals surface area contributed by atoms with Crippen LogP contribution < -0.4 is 4.74 Å². The fourth-order valence-electron chi connectivity index (χ4n) is 2.25. The standard InChI is InChI=1S/C16H15NOS/c1-10-7-11(2)15-14(8-10)19-16(17-15)12-5-4-6-13(9-12)18-3/h4-9H,1-3H3. The second-order valence-electron chi connectivity index (χ2n) is 4.68. The second kappa shape index (κ2) is 4.67. The highest BCUT2D eigenvalue weighted by molar-refractivity contribution is 7.21. The van der Waals surface area contributed by atoms with Crippen molar-refractivity contribution < 1.29 is 4.74 Å². The summed E-state index contributed by atoms with van der Waals surface area (Å²) in [6.07, 6.45) is 0. The third-order valence-corrected chi connectivity index (χ3v) is 4.20. The van der Waals surface area contributed by atoms with Crippen LogP contribution in [0.3, 0.4) is 0 Å². The van der Waals surface area contributed by atoms with Gasteiger partial charge in [0.25, 0.3) is 0 Å². The average molecular weight is 269 g/mol. The zero-order chi connectivity index (χ0) is 13.4. The van der Waals surface area contributed by atoms with Gasteiger partial charge in [-0.05, 0) is 43.2 Å². The van der Waals surface area contributed by atoms with Gasteiger partial charge in [-0.3, -0.25) is 0 Å². The van der Waals surface area contributed by atoms with Crippen LogP contribution in [0, 0.1) is 13.8 Å². The van der Waals surface area contributed by atoms with Gasteiger partial charge in [0.05, 0.1) is 17.3 Å². The van der Waals surface area contributed by atoms with Crippen LogP contribution in [-0.4, -0.2) is 12.1 Å². The number of nitrogens with zero attached hydrogens (tertiary/aromatic N) is 1. The number of fused-ring (bicyclic) bond motifs is 1. The Bertz CT molecular complexity index is 746. The zero-order valence-electron chi connectivity index (χ0n) is 11.2. The van der Waals surface area contributed by atoms with Crippen molar-refractivity contribution >= 4 is 21.6 Å². The van der Waals surface area contributed by atoms with Gasteiger partial charge in [-0.25, -0.2) is 4.98 Å². The van der Waals surface area contributed by atoms with Crippen molar-refractivity contribution in [1.29, 1.82) is 0 Å². The molecule has 2 aromatic carbocycles. The largest absolute Gasteiger partial charge is 0.497 e. The predicted molar refractivity (Wildman–Crippen MR) is 81.1 cm³/mol. The van der Waals surface area contributed by atoms with E-state index in [1.807, 2.05) is 18.2 Å². The first-order valence-electron chi connectivity index (χ1n) is 6.19. The highest BCUT2D eigenvalue weighted by Gasteiger charge is 2.09. The number of aryl methyl sites for hydroxylation is 2. The van der Waals surface area contributed by atoms with E-state index in [1.165, 1.54) is 15.8 Å². The summed E-state index contributed by atoms with van der Waals surface area (Å²) in [6, 6.07) is 12.4. The van der Waals surface area contributed by atoms with E-state index in [0.29, 0.717) is 0 Å². The Morgan fingerprint density at radius 2 is 1.95 bits per heavy atom. The minimum absolute atomic E-state index is 0.865. The van der Waals surface area contributed by atoms with Crippen molar-refractivity contribution in [3.8, 4) is 16.3 Å². The van der Waals surface area contributed by atoms with Crippen LogP contribution in [0.25, 0.3) is 20.8 Å². The summed E-state index contributed by atoms with van der Waals surface area (Å²) in [5.74, 6) is 0.865. The Balaban J connectivity index is 2.17. The van der Waals surface area contributed by atoms with E-state index in [4.69, 9.17) is 9.72 Å². The maximum Gasteiger partial charge on any atom is 0.124 e. The molecule has 0 unspecified atom stereocenters. The average Bonchev–Trinajstić information content (AvgIpc) is 2.83. The highest BCUT2D eigenvalue weighted by Crippen LogP contribution is 2.33. The summed E-state index contributed by atoms with van der Waals surface area (Å²) in [5.41, 5.74) is 4.73. The highest BCUT2D eigenvalue weighted by atomic mass is 32.1. The van der Waals surface area contributed by atoms with Gasteiger partial charge in [0.2, 0.25) is 0 Å². The van der Waals surface area contributed by atoms with Gasteiger partial charge < -0.3 is 4.74 Å². The molecule has 3 heteroatoms. The summed E-state index contributed by atoms with van der Waals surface area (Å²) < 4.78 is 6.52. The van der Waals surface area contributed by atoms with Crippen molar-refractivity contribution in [2.24, 2.45) is 0 Å². The molecule has 0 aliphatic carbocycles. The summed E-state index contributed by atoms with van der Waals surface area (Å²) in [6.45, 7) is 4.24. The third kappa shape index (κ3) is 2.22. The molecule has 0 spiro atoms. The number of aromatic nitrogens is 1. The molecule has 3 rings (SSSR count). The molecule has 0 radical (unpaired) electrons. The molecule has 0 N–H and O–H groups in total. The molecule has 0 saturated carbocycles. The minimum atomic E-state index is 0.865. The number of rotatable bonds is 2. The van der Waals surface area contributed by atoms with E-state index >= 15 is 0 Å². The molecular formula is C16H15NOS. The summed E-state index contributed by atoms with van der Waals surface area (Å²) in [7, 11) is 1.69. The monoisotopic (exact) mass is 269 g/mol. The maximum absolute atomic E-state index is 5.27. The molecule has 0 bridgehead atoms. The lowest BCUT2D eigenvalue weighted by Gasteiger charge is -2.00. The van der Waals surface area contributed by atoms with Crippen molar-refractivity contribution in [2.75, 3.05) is 7.11 Å². The third-order valence-electron chi connectivity index (χ3n) is 3.15. The summed E-state index contributed by atoms with van der Waals surface area (Å²) in [5, 5.41) is 1.04. The quantitative estimate of drug-likeness (QED) is 0.679. The fraction of sp³-hybridized carbons (Fsp3) is 0.188. The molecule has 0 aliphatic rings. The predicted octanol–water partition coefficient (Wildman–Crippen LogP) is 4.59. The Labute approximate surface area is 116 Å². The molecule has 0 atom stereocenters. The van der Waals surface area contributed by atoms with Crippen LogP contribution in [-0.2, 0) is 0 Å². The first-order valence-corrected chi connectivity index (χ1v) is 7.01. The van der Waals surface area contributed by atoms with Gasteiger partial charge in [-0.15, -0.1) is 11.3 Å². The zero-order valence-corrected chi connectivity index (χ0v) is 12.0. The molecular weight excluding hydrogens is 254 g/mol. The van der Waals surface area contributed by atoms with E-state index in [0.717, 1.165) is 21.8 Å². The summed E-state index contributed by atoms with van der Waals surface area (Å²) >= 11 is 1.73. The molecule has 0 fully saturated rings. The Morgan fingerprint density at radius 1 is 1.11 bits per heavy atom. The maximum atomic E-state index is 5.27. The van der Waals surface area contributed by atoms with Crippen LogP contribution in [0.15, 0.2) is 36.4 Å². The Kier molecular flexibility index (Phi) is 2.99. The van der Waals surface area contributed by atoms with E-state index < -0.39 is 0 Å². The smallest absolute Gasteiger partial charge is 0.124 e. The Morgan fingerprint density at radius 3 is 2.74 bits per heavy atom. The molecule has 19 heavy (non-hydrogen) atoms. The van der Waals surface area contributed by atoms with Crippen LogP contribution in [0.4, 0.5) is 0 Å². The van der Waals surface area contributed by atoms with Crippen molar-refractivity contribution in [1.82, 2.24) is 4.98 Å². The number of ether oxygens (including phenoxy) is 1. The van der Waals surface area contributed by atoms with Gasteiger partial charge in [0, 0.05) is 5.56 Å². The number of hydrogen-bond acceptors (Lipinski definition) is 3. The number of benzene rings is 2. The van der Waals surface area contributed by atoms with Crippen LogP contribution >= 0.6 is 11.3 Å². The topological polar surface area (TPSA) is 22.1 Å². The second-order valence-corrected chi connectivity index (χ2v) is 5.71. The minimum Gasteiger partial charge on any atom is -0.497 e. The molecule has 1 heterocycles. The molecule has 0 saturated heterocycles. The van der Waals surface area contributed by atoms with Crippen LogP contribution in [0.1, 0.15) is 11.1 Å². The summed E-state index contributed by atoms with van der Waals surface area (Å²) in [4.78, 5) is 4.76. The fourth-order valence-corrected chi connectivity index (χ4v) is 3.39. The van der Waals surface area contributed by atoms with E-state index in [9.17, 15) is 0 Å². The normalized spacial score (nSPS) is 10.9. The first kappa shape index (κ1) is 12.2. The van der Waals surface area contributed by atoms with E-state index in [-0.39, 0.29) is 0 Å². The molecule has 0 aliphatic heterocycles. The van der Waals surface area contributed by atoms with Crippen LogP contribution in [0.2, 0.25) is 0 Å². The lowest BCUT2D eigenvalue weighted by Crippen LogP contribution is -1.83. The van der Waals surface area contributed by atoms with Crippen molar-refractivity contribution in [3.63, 3.8) is 0 Å². The molecule has 0 amide bonds. The van der Waals surface area contributed by atoms with Gasteiger partial charge in [0.15, 0.2) is 0 Å². The molecule has 1 aromatic heterocycles. The SMILES string of the molecule is COc1cccc(-c2nc3c(C)cc(C)cc3s2)c1. The van der Waals surface area contributed by atoms with Crippen molar-refractivity contribution in [3.05, 3.63) is 47.5 Å². The van der Waals surface area contributed by atoms with E-state index in [2.05, 4.69) is 32.0 Å². The lowest BCUT2D eigenvalue weighted by molar-refractivity contribution is 0.415. The van der Waals surface area contributed by atoms with Gasteiger partial charge in [-0.2, -0.15) is 0 Å². The van der Waals surface area contributed by atoms with Gasteiger partial charge in [-0.1, -0.05) is 18.2 Å². The number of hydrogen-bond donors (Lipinski definition) is 0. The van der Waals surface area contributed by atoms with Gasteiger partial charge >= 0.3 is 0 Å². The lowest BCUT2D eigenvalue weighted by atomic mass is 10.1. The first-order chi connectivity index (χ1) is 9.17. The van der Waals surface area contributed by atoms with Crippen molar-refractivity contribution in [2.45, 2.75) is 13.8 Å². The molecule has 96 valence electrons. The molecule has 3 aromatic rings. The molecule has 2 nitrogen and oxygen atoms in total. The van der Waals surface area contributed by atoms with E-state index in [1.54, 1.807) is 18.4 Å². The van der Waals surface area contributed by atoms with Crippen LogP contribution in [0.5, 0.6) is 5.75 Å². The number of methoxy groups -OCH3 is 1. The Hall–Kier alpha value is -1.87. The van der Waals surface area contributed by atoms with Gasteiger partial charge in [0.1, 0.15) is 10.8 Å². The number of thiazole rings is 1.